The normalized spacial score (nSPS) is 10.4. The fourth-order valence-electron chi connectivity index (χ4n) is 1.12. The Morgan fingerprint density at radius 1 is 1.19 bits per heavy atom. The molecular weight excluding hydrogens is 308 g/mol. The Hall–Kier alpha value is -0.580. The van der Waals surface area contributed by atoms with Crippen LogP contribution in [0.4, 0.5) is 0 Å². The molecule has 0 fully saturated rings. The maximum atomic E-state index is 5.78. The summed E-state index contributed by atoms with van der Waals surface area (Å²) in [5.41, 5.74) is 0. The van der Waals surface area contributed by atoms with Gasteiger partial charge in [0.15, 0.2) is 0 Å². The number of hydrogen-bond donors (Lipinski definition) is 0. The third-order valence-electron chi connectivity index (χ3n) is 1.85. The molecule has 0 N–H and O–H groups in total. The van der Waals surface area contributed by atoms with Crippen molar-refractivity contribution in [3.63, 3.8) is 0 Å². The van der Waals surface area contributed by atoms with E-state index >= 15 is 0 Å². The van der Waals surface area contributed by atoms with Crippen molar-refractivity contribution in [1.29, 1.82) is 0 Å². The molecule has 5 heteroatoms. The van der Waals surface area contributed by atoms with Gasteiger partial charge < -0.3 is 0 Å². The second-order valence-corrected chi connectivity index (χ2v) is 5.39. The lowest BCUT2D eigenvalue weighted by atomic mass is 10.4. The van der Waals surface area contributed by atoms with Gasteiger partial charge in [-0.2, -0.15) is 0 Å². The zero-order valence-corrected chi connectivity index (χ0v) is 11.4. The number of thioether (sulfide) groups is 1. The van der Waals surface area contributed by atoms with Crippen LogP contribution in [0, 0.1) is 0 Å². The van der Waals surface area contributed by atoms with Gasteiger partial charge >= 0.3 is 0 Å². The molecule has 2 rings (SSSR count). The van der Waals surface area contributed by atoms with Gasteiger partial charge in [0.1, 0.15) is 11.0 Å². The van der Waals surface area contributed by atoms with Gasteiger partial charge in [-0.15, -0.1) is 11.8 Å². The highest BCUT2D eigenvalue weighted by atomic mass is 79.9. The summed E-state index contributed by atoms with van der Waals surface area (Å²) in [5.74, 6) is 1.47. The Kier molecular flexibility index (Phi) is 4.21. The quantitative estimate of drug-likeness (QED) is 0.627. The van der Waals surface area contributed by atoms with Crippen molar-refractivity contribution in [1.82, 2.24) is 9.97 Å². The van der Waals surface area contributed by atoms with Crippen molar-refractivity contribution in [3.05, 3.63) is 52.0 Å². The zero-order chi connectivity index (χ0) is 11.4. The van der Waals surface area contributed by atoms with E-state index in [1.807, 2.05) is 12.1 Å². The SMILES string of the molecule is Clc1ccnc(CSc2ccc(Br)cc2)n1. The van der Waals surface area contributed by atoms with Gasteiger partial charge in [-0.05, 0) is 30.3 Å². The lowest BCUT2D eigenvalue weighted by Gasteiger charge is -2.01. The highest BCUT2D eigenvalue weighted by Gasteiger charge is 1.99. The maximum absolute atomic E-state index is 5.78. The van der Waals surface area contributed by atoms with E-state index in [1.54, 1.807) is 24.0 Å². The summed E-state index contributed by atoms with van der Waals surface area (Å²) in [6.07, 6.45) is 1.67. The van der Waals surface area contributed by atoms with Crippen molar-refractivity contribution >= 4 is 39.3 Å². The van der Waals surface area contributed by atoms with Crippen LogP contribution in [0.1, 0.15) is 5.82 Å². The molecule has 82 valence electrons. The summed E-state index contributed by atoms with van der Waals surface area (Å²) in [5, 5.41) is 0.487. The maximum Gasteiger partial charge on any atom is 0.140 e. The first kappa shape index (κ1) is 11.9. The van der Waals surface area contributed by atoms with Crippen molar-refractivity contribution in [3.8, 4) is 0 Å². The fourth-order valence-corrected chi connectivity index (χ4v) is 2.30. The molecule has 0 atom stereocenters. The van der Waals surface area contributed by atoms with Gasteiger partial charge in [-0.3, -0.25) is 0 Å². The zero-order valence-electron chi connectivity index (χ0n) is 8.23. The molecule has 0 spiro atoms. The van der Waals surface area contributed by atoms with Gasteiger partial charge in [0.25, 0.3) is 0 Å². The number of aromatic nitrogens is 2. The molecule has 0 saturated carbocycles. The molecule has 0 unspecified atom stereocenters. The number of benzene rings is 1. The third-order valence-corrected chi connectivity index (χ3v) is 3.60. The number of hydrogen-bond acceptors (Lipinski definition) is 3. The molecule has 0 amide bonds. The smallest absolute Gasteiger partial charge is 0.140 e. The van der Waals surface area contributed by atoms with Gasteiger partial charge in [0.05, 0.1) is 5.75 Å². The third kappa shape index (κ3) is 3.47. The molecular formula is C11H8BrClN2S. The number of halogens is 2. The molecule has 2 aromatic rings. The minimum absolute atomic E-state index is 0.487. The van der Waals surface area contributed by atoms with Crippen molar-refractivity contribution < 1.29 is 0 Å². The highest BCUT2D eigenvalue weighted by molar-refractivity contribution is 9.10. The first-order chi connectivity index (χ1) is 7.74. The molecule has 0 bridgehead atoms. The summed E-state index contributed by atoms with van der Waals surface area (Å²) in [6, 6.07) is 9.82. The average molecular weight is 316 g/mol. The molecule has 16 heavy (non-hydrogen) atoms. The van der Waals surface area contributed by atoms with Crippen LogP contribution in [0.15, 0.2) is 45.9 Å². The van der Waals surface area contributed by atoms with Crippen molar-refractivity contribution in [2.45, 2.75) is 10.6 Å². The second-order valence-electron chi connectivity index (χ2n) is 3.04. The average Bonchev–Trinajstić information content (AvgIpc) is 2.28. The van der Waals surface area contributed by atoms with Crippen LogP contribution in [0.3, 0.4) is 0 Å². The first-order valence-corrected chi connectivity index (χ1v) is 6.75. The molecule has 1 aromatic carbocycles. The molecule has 0 aliphatic heterocycles. The van der Waals surface area contributed by atoms with Crippen LogP contribution in [-0.2, 0) is 5.75 Å². The summed E-state index contributed by atoms with van der Waals surface area (Å²) in [7, 11) is 0. The van der Waals surface area contributed by atoms with E-state index < -0.39 is 0 Å². The van der Waals surface area contributed by atoms with E-state index in [0.717, 1.165) is 16.0 Å². The van der Waals surface area contributed by atoms with E-state index in [2.05, 4.69) is 38.0 Å². The molecule has 0 aliphatic carbocycles. The van der Waals surface area contributed by atoms with Gasteiger partial charge in [-0.25, -0.2) is 9.97 Å². The topological polar surface area (TPSA) is 25.8 Å². The molecule has 0 radical (unpaired) electrons. The predicted molar refractivity (Wildman–Crippen MR) is 70.7 cm³/mol. The predicted octanol–water partition coefficient (Wildman–Crippen LogP) is 4.18. The van der Waals surface area contributed by atoms with E-state index in [-0.39, 0.29) is 0 Å². The molecule has 1 aromatic heterocycles. The monoisotopic (exact) mass is 314 g/mol. The van der Waals surface area contributed by atoms with Crippen molar-refractivity contribution in [2.24, 2.45) is 0 Å². The summed E-state index contributed by atoms with van der Waals surface area (Å²) < 4.78 is 1.08. The van der Waals surface area contributed by atoms with Crippen LogP contribution in [0.25, 0.3) is 0 Å². The van der Waals surface area contributed by atoms with E-state index in [0.29, 0.717) is 5.15 Å². The van der Waals surface area contributed by atoms with Crippen LogP contribution in [0.2, 0.25) is 5.15 Å². The minimum atomic E-state index is 0.487. The standard InChI is InChI=1S/C11H8BrClN2S/c12-8-1-3-9(4-2-8)16-7-11-14-6-5-10(13)15-11/h1-6H,7H2. The van der Waals surface area contributed by atoms with Gasteiger partial charge in [-0.1, -0.05) is 27.5 Å². The minimum Gasteiger partial charge on any atom is -0.240 e. The van der Waals surface area contributed by atoms with Crippen LogP contribution < -0.4 is 0 Å². The number of rotatable bonds is 3. The van der Waals surface area contributed by atoms with Gasteiger partial charge in [0.2, 0.25) is 0 Å². The Morgan fingerprint density at radius 3 is 2.62 bits per heavy atom. The summed E-state index contributed by atoms with van der Waals surface area (Å²) in [6.45, 7) is 0. The Morgan fingerprint density at radius 2 is 1.94 bits per heavy atom. The van der Waals surface area contributed by atoms with Gasteiger partial charge in [0, 0.05) is 15.6 Å². The van der Waals surface area contributed by atoms with E-state index in [9.17, 15) is 0 Å². The van der Waals surface area contributed by atoms with Crippen molar-refractivity contribution in [2.75, 3.05) is 0 Å². The highest BCUT2D eigenvalue weighted by Crippen LogP contribution is 2.23. The lowest BCUT2D eigenvalue weighted by Crippen LogP contribution is -1.91. The molecule has 0 saturated heterocycles. The Bertz CT molecular complexity index is 476. The fraction of sp³-hybridized carbons (Fsp3) is 0.0909. The first-order valence-electron chi connectivity index (χ1n) is 4.60. The van der Waals surface area contributed by atoms with Crippen LogP contribution in [-0.4, -0.2) is 9.97 Å². The van der Waals surface area contributed by atoms with Crippen LogP contribution in [0.5, 0.6) is 0 Å². The van der Waals surface area contributed by atoms with Crippen LogP contribution >= 0.6 is 39.3 Å². The Labute approximate surface area is 112 Å². The molecule has 2 nitrogen and oxygen atoms in total. The van der Waals surface area contributed by atoms with E-state index in [1.165, 1.54) is 4.90 Å². The molecule has 0 aliphatic rings. The summed E-state index contributed by atoms with van der Waals surface area (Å²) in [4.78, 5) is 9.46. The molecule has 1 heterocycles. The lowest BCUT2D eigenvalue weighted by molar-refractivity contribution is 1.03. The summed E-state index contributed by atoms with van der Waals surface area (Å²) >= 11 is 10.9. The second kappa shape index (κ2) is 5.66. The largest absolute Gasteiger partial charge is 0.240 e. The Balaban J connectivity index is 1.99. The van der Waals surface area contributed by atoms with E-state index in [4.69, 9.17) is 11.6 Å². The number of nitrogens with zero attached hydrogens (tertiary/aromatic N) is 2.